The number of hydrogen-bond acceptors (Lipinski definition) is 7. The number of amides is 1. The summed E-state index contributed by atoms with van der Waals surface area (Å²) in [6.07, 6.45) is 5.94. The van der Waals surface area contributed by atoms with Crippen LogP contribution in [0.15, 0.2) is 36.7 Å². The van der Waals surface area contributed by atoms with Gasteiger partial charge < -0.3 is 15.1 Å². The number of aromatic nitrogens is 3. The Kier molecular flexibility index (Phi) is 5.45. The van der Waals surface area contributed by atoms with E-state index in [1.807, 2.05) is 29.2 Å². The molecule has 28 heavy (non-hydrogen) atoms. The Bertz CT molecular complexity index is 808. The summed E-state index contributed by atoms with van der Waals surface area (Å²) in [5.41, 5.74) is 0.911. The zero-order chi connectivity index (χ0) is 19.3. The van der Waals surface area contributed by atoms with Crippen LogP contribution in [0.3, 0.4) is 0 Å². The lowest BCUT2D eigenvalue weighted by Gasteiger charge is -2.37. The van der Waals surface area contributed by atoms with E-state index < -0.39 is 0 Å². The van der Waals surface area contributed by atoms with Crippen molar-refractivity contribution in [3.05, 3.63) is 36.7 Å². The molecule has 1 aliphatic heterocycles. The van der Waals surface area contributed by atoms with Gasteiger partial charge in [-0.05, 0) is 37.1 Å². The summed E-state index contributed by atoms with van der Waals surface area (Å²) < 4.78 is 0. The maximum absolute atomic E-state index is 12.7. The number of rotatable bonds is 4. The number of pyridine rings is 1. The van der Waals surface area contributed by atoms with Gasteiger partial charge in [-0.25, -0.2) is 0 Å². The minimum absolute atomic E-state index is 0.0163. The van der Waals surface area contributed by atoms with Crippen LogP contribution in [0.25, 0.3) is 0 Å². The summed E-state index contributed by atoms with van der Waals surface area (Å²) in [4.78, 5) is 32.1. The minimum atomic E-state index is 0.0163. The number of nitrogens with one attached hydrogen (secondary N) is 1. The maximum Gasteiger partial charge on any atom is 0.225 e. The van der Waals surface area contributed by atoms with Crippen LogP contribution in [0.5, 0.6) is 0 Å². The number of piperazine rings is 1. The molecule has 0 spiro atoms. The minimum Gasteiger partial charge on any atom is -0.352 e. The van der Waals surface area contributed by atoms with E-state index >= 15 is 0 Å². The molecule has 2 aromatic rings. The van der Waals surface area contributed by atoms with E-state index in [-0.39, 0.29) is 17.6 Å². The Morgan fingerprint density at radius 1 is 0.964 bits per heavy atom. The summed E-state index contributed by atoms with van der Waals surface area (Å²) in [5.74, 6) is 2.00. The third kappa shape index (κ3) is 4.27. The molecular formula is C20H24N6O2. The van der Waals surface area contributed by atoms with Crippen molar-refractivity contribution in [3.8, 4) is 0 Å². The van der Waals surface area contributed by atoms with Crippen molar-refractivity contribution in [2.45, 2.75) is 25.7 Å². The highest BCUT2D eigenvalue weighted by atomic mass is 16.2. The quantitative estimate of drug-likeness (QED) is 0.868. The number of Topliss-reactive ketones (excluding diaryl/α,β-unsaturated/α-hetero) is 1. The van der Waals surface area contributed by atoms with E-state index in [0.29, 0.717) is 44.6 Å². The molecule has 2 aliphatic rings. The fourth-order valence-corrected chi connectivity index (χ4v) is 3.74. The molecule has 1 saturated carbocycles. The molecule has 0 radical (unpaired) electrons. The van der Waals surface area contributed by atoms with E-state index in [1.54, 1.807) is 12.4 Å². The molecule has 146 valence electrons. The van der Waals surface area contributed by atoms with Crippen molar-refractivity contribution in [1.82, 2.24) is 20.1 Å². The molecule has 0 atom stereocenters. The fourth-order valence-electron chi connectivity index (χ4n) is 3.74. The van der Waals surface area contributed by atoms with Crippen LogP contribution in [0.2, 0.25) is 0 Å². The summed E-state index contributed by atoms with van der Waals surface area (Å²) in [6, 6.07) is 7.59. The van der Waals surface area contributed by atoms with Gasteiger partial charge in [-0.15, -0.1) is 10.2 Å². The molecule has 2 aromatic heterocycles. The van der Waals surface area contributed by atoms with Gasteiger partial charge >= 0.3 is 0 Å². The lowest BCUT2D eigenvalue weighted by Crippen LogP contribution is -2.51. The predicted octanol–water partition coefficient (Wildman–Crippen LogP) is 2.02. The van der Waals surface area contributed by atoms with E-state index in [4.69, 9.17) is 0 Å². The Balaban J connectivity index is 1.30. The van der Waals surface area contributed by atoms with Gasteiger partial charge in [0.05, 0.1) is 0 Å². The first-order valence-corrected chi connectivity index (χ1v) is 9.75. The molecule has 0 bridgehead atoms. The Morgan fingerprint density at radius 2 is 1.68 bits per heavy atom. The van der Waals surface area contributed by atoms with Crippen LogP contribution >= 0.6 is 0 Å². The van der Waals surface area contributed by atoms with E-state index in [1.165, 1.54) is 0 Å². The Labute approximate surface area is 164 Å². The molecule has 2 fully saturated rings. The first-order valence-electron chi connectivity index (χ1n) is 9.75. The number of carbonyl (C=O) groups excluding carboxylic acids is 2. The molecular weight excluding hydrogens is 356 g/mol. The van der Waals surface area contributed by atoms with Crippen molar-refractivity contribution in [2.24, 2.45) is 5.92 Å². The first-order chi connectivity index (χ1) is 13.7. The summed E-state index contributed by atoms with van der Waals surface area (Å²) in [6.45, 7) is 2.84. The lowest BCUT2D eigenvalue weighted by atomic mass is 9.87. The molecule has 1 N–H and O–H groups in total. The van der Waals surface area contributed by atoms with Crippen LogP contribution in [0.1, 0.15) is 25.7 Å². The van der Waals surface area contributed by atoms with Crippen molar-refractivity contribution >= 4 is 29.0 Å². The summed E-state index contributed by atoms with van der Waals surface area (Å²) >= 11 is 0. The van der Waals surface area contributed by atoms with Gasteiger partial charge in [0.25, 0.3) is 0 Å². The smallest absolute Gasteiger partial charge is 0.225 e. The molecule has 3 heterocycles. The average Bonchev–Trinajstić information content (AvgIpc) is 2.75. The number of carbonyl (C=O) groups is 2. The second-order valence-corrected chi connectivity index (χ2v) is 7.26. The zero-order valence-corrected chi connectivity index (χ0v) is 15.8. The van der Waals surface area contributed by atoms with Gasteiger partial charge in [-0.2, -0.15) is 0 Å². The van der Waals surface area contributed by atoms with Gasteiger partial charge in [-0.1, -0.05) is 0 Å². The highest BCUT2D eigenvalue weighted by Crippen LogP contribution is 2.24. The molecule has 1 saturated heterocycles. The zero-order valence-electron chi connectivity index (χ0n) is 15.8. The molecule has 1 aliphatic carbocycles. The first kappa shape index (κ1) is 18.3. The summed E-state index contributed by atoms with van der Waals surface area (Å²) in [5, 5.41) is 11.8. The molecule has 8 nitrogen and oxygen atoms in total. The van der Waals surface area contributed by atoms with Crippen LogP contribution in [-0.4, -0.2) is 58.0 Å². The van der Waals surface area contributed by atoms with E-state index in [2.05, 4.69) is 25.4 Å². The highest BCUT2D eigenvalue weighted by molar-refractivity contribution is 5.84. The van der Waals surface area contributed by atoms with Gasteiger partial charge in [0.1, 0.15) is 5.78 Å². The number of nitrogens with zero attached hydrogens (tertiary/aromatic N) is 5. The van der Waals surface area contributed by atoms with Crippen LogP contribution in [0, 0.1) is 5.92 Å². The van der Waals surface area contributed by atoms with Gasteiger partial charge in [0.15, 0.2) is 11.6 Å². The maximum atomic E-state index is 12.7. The molecule has 1 amide bonds. The SMILES string of the molecule is O=C1CCC(C(=O)N2CCN(c3ccc(Nc4ccncc4)nn3)CC2)CC1. The summed E-state index contributed by atoms with van der Waals surface area (Å²) in [7, 11) is 0. The number of anilines is 3. The molecule has 8 heteroatoms. The largest absolute Gasteiger partial charge is 0.352 e. The van der Waals surface area contributed by atoms with Crippen molar-refractivity contribution in [2.75, 3.05) is 36.4 Å². The van der Waals surface area contributed by atoms with Gasteiger partial charge in [-0.3, -0.25) is 14.6 Å². The molecule has 0 aromatic carbocycles. The average molecular weight is 380 g/mol. The van der Waals surface area contributed by atoms with Crippen molar-refractivity contribution in [1.29, 1.82) is 0 Å². The highest BCUT2D eigenvalue weighted by Gasteiger charge is 2.30. The Hall–Kier alpha value is -3.03. The fraction of sp³-hybridized carbons (Fsp3) is 0.450. The van der Waals surface area contributed by atoms with E-state index in [9.17, 15) is 9.59 Å². The van der Waals surface area contributed by atoms with Crippen LogP contribution in [0.4, 0.5) is 17.3 Å². The third-order valence-corrected chi connectivity index (χ3v) is 5.41. The predicted molar refractivity (Wildman–Crippen MR) is 105 cm³/mol. The van der Waals surface area contributed by atoms with Crippen molar-refractivity contribution < 1.29 is 9.59 Å². The number of hydrogen-bond donors (Lipinski definition) is 1. The monoisotopic (exact) mass is 380 g/mol. The van der Waals surface area contributed by atoms with E-state index in [0.717, 1.165) is 24.6 Å². The second kappa shape index (κ2) is 8.33. The molecule has 0 unspecified atom stereocenters. The Morgan fingerprint density at radius 3 is 2.32 bits per heavy atom. The van der Waals surface area contributed by atoms with Gasteiger partial charge in [0, 0.05) is 63.0 Å². The second-order valence-electron chi connectivity index (χ2n) is 7.26. The standard InChI is InChI=1S/C20H24N6O2/c27-17-3-1-15(2-4-17)20(28)26-13-11-25(12-14-26)19-6-5-18(23-24-19)22-16-7-9-21-10-8-16/h5-10,15H,1-4,11-14H2,(H,21,22,23). The third-order valence-electron chi connectivity index (χ3n) is 5.41. The van der Waals surface area contributed by atoms with Crippen LogP contribution in [-0.2, 0) is 9.59 Å². The lowest BCUT2D eigenvalue weighted by molar-refractivity contribution is -0.137. The van der Waals surface area contributed by atoms with Gasteiger partial charge in [0.2, 0.25) is 5.91 Å². The normalized spacial score (nSPS) is 18.2. The topological polar surface area (TPSA) is 91.3 Å². The molecule has 4 rings (SSSR count). The van der Waals surface area contributed by atoms with Crippen LogP contribution < -0.4 is 10.2 Å². The van der Waals surface area contributed by atoms with Crippen molar-refractivity contribution in [3.63, 3.8) is 0 Å². The number of ketones is 1.